The molecule has 0 aliphatic carbocycles. The number of aryl methyl sites for hydroxylation is 1. The van der Waals surface area contributed by atoms with E-state index in [4.69, 9.17) is 0 Å². The van der Waals surface area contributed by atoms with Crippen molar-refractivity contribution in [2.24, 2.45) is 7.05 Å². The van der Waals surface area contributed by atoms with Crippen molar-refractivity contribution in [3.63, 3.8) is 0 Å². The van der Waals surface area contributed by atoms with E-state index in [0.717, 1.165) is 11.0 Å². The van der Waals surface area contributed by atoms with Crippen molar-refractivity contribution < 1.29 is 4.79 Å². The lowest BCUT2D eigenvalue weighted by atomic mass is 10.1. The molecule has 0 fully saturated rings. The SMILES string of the molecule is Cn1cc(C(=O)NCc2nc3ccccc3[nH]2)c2ccccc2c1=O. The molecule has 4 aromatic rings. The average Bonchev–Trinajstić information content (AvgIpc) is 3.06. The molecular formula is C19H16N4O2. The Hall–Kier alpha value is -3.41. The summed E-state index contributed by atoms with van der Waals surface area (Å²) < 4.78 is 1.43. The van der Waals surface area contributed by atoms with E-state index in [1.165, 1.54) is 4.57 Å². The van der Waals surface area contributed by atoms with Gasteiger partial charge in [0.15, 0.2) is 0 Å². The Morgan fingerprint density at radius 1 is 1.12 bits per heavy atom. The molecule has 4 rings (SSSR count). The molecule has 2 aromatic heterocycles. The molecule has 0 radical (unpaired) electrons. The number of carbonyl (C=O) groups excluding carboxylic acids is 1. The molecule has 0 bridgehead atoms. The highest BCUT2D eigenvalue weighted by atomic mass is 16.2. The Morgan fingerprint density at radius 2 is 1.84 bits per heavy atom. The van der Waals surface area contributed by atoms with Gasteiger partial charge in [-0.25, -0.2) is 4.98 Å². The Kier molecular flexibility index (Phi) is 3.57. The summed E-state index contributed by atoms with van der Waals surface area (Å²) in [5.74, 6) is 0.441. The number of nitrogens with one attached hydrogen (secondary N) is 2. The fourth-order valence-electron chi connectivity index (χ4n) is 2.95. The topological polar surface area (TPSA) is 79.8 Å². The summed E-state index contributed by atoms with van der Waals surface area (Å²) in [5.41, 5.74) is 2.14. The number of pyridine rings is 1. The number of aromatic nitrogens is 3. The number of aromatic amines is 1. The van der Waals surface area contributed by atoms with Crippen molar-refractivity contribution in [1.82, 2.24) is 19.9 Å². The van der Waals surface area contributed by atoms with Crippen LogP contribution in [0.2, 0.25) is 0 Å². The smallest absolute Gasteiger partial charge is 0.258 e. The number of rotatable bonds is 3. The van der Waals surface area contributed by atoms with E-state index in [-0.39, 0.29) is 18.0 Å². The van der Waals surface area contributed by atoms with Crippen LogP contribution in [0.1, 0.15) is 16.2 Å². The molecule has 0 saturated carbocycles. The molecule has 0 atom stereocenters. The van der Waals surface area contributed by atoms with Crippen molar-refractivity contribution in [3.8, 4) is 0 Å². The maximum absolute atomic E-state index is 12.6. The highest BCUT2D eigenvalue weighted by Gasteiger charge is 2.14. The second kappa shape index (κ2) is 5.90. The van der Waals surface area contributed by atoms with Crippen LogP contribution in [0, 0.1) is 0 Å². The minimum Gasteiger partial charge on any atom is -0.345 e. The lowest BCUT2D eigenvalue weighted by Crippen LogP contribution is -2.26. The third-order valence-corrected chi connectivity index (χ3v) is 4.19. The van der Waals surface area contributed by atoms with Crippen LogP contribution in [0.4, 0.5) is 0 Å². The minimum absolute atomic E-state index is 0.121. The van der Waals surface area contributed by atoms with Crippen LogP contribution in [-0.2, 0) is 13.6 Å². The Labute approximate surface area is 143 Å². The predicted molar refractivity (Wildman–Crippen MR) is 96.5 cm³/mol. The molecule has 0 saturated heterocycles. The molecule has 0 aliphatic heterocycles. The number of hydrogen-bond acceptors (Lipinski definition) is 3. The second-order valence-corrected chi connectivity index (χ2v) is 5.89. The van der Waals surface area contributed by atoms with Gasteiger partial charge in [0.1, 0.15) is 5.82 Å². The highest BCUT2D eigenvalue weighted by Crippen LogP contribution is 2.15. The van der Waals surface area contributed by atoms with Gasteiger partial charge in [-0.2, -0.15) is 0 Å². The van der Waals surface area contributed by atoms with Crippen molar-refractivity contribution in [3.05, 3.63) is 76.5 Å². The quantitative estimate of drug-likeness (QED) is 0.604. The summed E-state index contributed by atoms with van der Waals surface area (Å²) >= 11 is 0. The normalized spacial score (nSPS) is 11.1. The van der Waals surface area contributed by atoms with Gasteiger partial charge in [-0.1, -0.05) is 30.3 Å². The van der Waals surface area contributed by atoms with Gasteiger partial charge in [-0.3, -0.25) is 9.59 Å². The molecule has 25 heavy (non-hydrogen) atoms. The molecule has 0 spiro atoms. The number of imidazole rings is 1. The summed E-state index contributed by atoms with van der Waals surface area (Å²) in [4.78, 5) is 32.5. The summed E-state index contributed by atoms with van der Waals surface area (Å²) in [6.07, 6.45) is 1.57. The molecule has 0 unspecified atom stereocenters. The van der Waals surface area contributed by atoms with E-state index in [1.807, 2.05) is 30.3 Å². The third kappa shape index (κ3) is 2.67. The van der Waals surface area contributed by atoms with Gasteiger partial charge in [-0.05, 0) is 18.2 Å². The molecule has 0 aliphatic rings. The lowest BCUT2D eigenvalue weighted by molar-refractivity contribution is 0.0951. The van der Waals surface area contributed by atoms with Crippen LogP contribution < -0.4 is 10.9 Å². The van der Waals surface area contributed by atoms with Crippen molar-refractivity contribution in [2.75, 3.05) is 0 Å². The Bertz CT molecular complexity index is 1120. The fraction of sp³-hybridized carbons (Fsp3) is 0.105. The Morgan fingerprint density at radius 3 is 2.64 bits per heavy atom. The van der Waals surface area contributed by atoms with Crippen LogP contribution >= 0.6 is 0 Å². The summed E-state index contributed by atoms with van der Waals surface area (Å²) in [6, 6.07) is 14.8. The van der Waals surface area contributed by atoms with Crippen LogP contribution in [0.25, 0.3) is 21.8 Å². The standard InChI is InChI=1S/C19H16N4O2/c1-23-11-14(12-6-2-3-7-13(12)19(23)25)18(24)20-10-17-21-15-8-4-5-9-16(15)22-17/h2-9,11H,10H2,1H3,(H,20,24)(H,21,22). The van der Waals surface area contributed by atoms with Gasteiger partial charge in [0.25, 0.3) is 11.5 Å². The molecule has 6 nitrogen and oxygen atoms in total. The lowest BCUT2D eigenvalue weighted by Gasteiger charge is -2.09. The summed E-state index contributed by atoms with van der Waals surface area (Å²) in [7, 11) is 1.64. The van der Waals surface area contributed by atoms with E-state index < -0.39 is 0 Å². The number of benzene rings is 2. The van der Waals surface area contributed by atoms with Gasteiger partial charge >= 0.3 is 0 Å². The maximum Gasteiger partial charge on any atom is 0.258 e. The first-order valence-corrected chi connectivity index (χ1v) is 7.93. The molecule has 2 heterocycles. The van der Waals surface area contributed by atoms with Crippen LogP contribution in [0.5, 0.6) is 0 Å². The zero-order valence-corrected chi connectivity index (χ0v) is 13.6. The molecule has 1 amide bonds. The van der Waals surface area contributed by atoms with Gasteiger partial charge in [0.05, 0.1) is 23.1 Å². The highest BCUT2D eigenvalue weighted by molar-refractivity contribution is 6.06. The van der Waals surface area contributed by atoms with E-state index in [0.29, 0.717) is 22.2 Å². The molecule has 6 heteroatoms. The molecular weight excluding hydrogens is 316 g/mol. The first-order valence-electron chi connectivity index (χ1n) is 7.93. The predicted octanol–water partition coefficient (Wildman–Crippen LogP) is 2.34. The molecule has 124 valence electrons. The summed E-state index contributed by atoms with van der Waals surface area (Å²) in [5, 5.41) is 4.04. The molecule has 2 N–H and O–H groups in total. The number of carbonyl (C=O) groups is 1. The van der Waals surface area contributed by atoms with Crippen LogP contribution in [-0.4, -0.2) is 20.4 Å². The summed E-state index contributed by atoms with van der Waals surface area (Å²) in [6.45, 7) is 0.282. The number of H-pyrrole nitrogens is 1. The first kappa shape index (κ1) is 15.1. The van der Waals surface area contributed by atoms with Gasteiger partial charge in [0.2, 0.25) is 0 Å². The van der Waals surface area contributed by atoms with E-state index in [9.17, 15) is 9.59 Å². The number of amides is 1. The van der Waals surface area contributed by atoms with Crippen LogP contribution in [0.15, 0.2) is 59.5 Å². The van der Waals surface area contributed by atoms with E-state index in [1.54, 1.807) is 31.4 Å². The zero-order valence-electron chi connectivity index (χ0n) is 13.6. The second-order valence-electron chi connectivity index (χ2n) is 5.89. The number of hydrogen-bond donors (Lipinski definition) is 2. The van der Waals surface area contributed by atoms with Crippen LogP contribution in [0.3, 0.4) is 0 Å². The van der Waals surface area contributed by atoms with Gasteiger partial charge in [-0.15, -0.1) is 0 Å². The number of nitrogens with zero attached hydrogens (tertiary/aromatic N) is 2. The van der Waals surface area contributed by atoms with Crippen molar-refractivity contribution in [1.29, 1.82) is 0 Å². The maximum atomic E-state index is 12.6. The van der Waals surface area contributed by atoms with Crippen molar-refractivity contribution in [2.45, 2.75) is 6.54 Å². The van der Waals surface area contributed by atoms with Crippen molar-refractivity contribution >= 4 is 27.7 Å². The third-order valence-electron chi connectivity index (χ3n) is 4.19. The number of para-hydroxylation sites is 2. The monoisotopic (exact) mass is 332 g/mol. The minimum atomic E-state index is -0.243. The Balaban J connectivity index is 1.64. The zero-order chi connectivity index (χ0) is 17.4. The average molecular weight is 332 g/mol. The van der Waals surface area contributed by atoms with E-state index >= 15 is 0 Å². The fourth-order valence-corrected chi connectivity index (χ4v) is 2.95. The first-order chi connectivity index (χ1) is 12.1. The molecule has 2 aromatic carbocycles. The van der Waals surface area contributed by atoms with E-state index in [2.05, 4.69) is 15.3 Å². The van der Waals surface area contributed by atoms with Gasteiger partial charge in [0, 0.05) is 24.0 Å². The van der Waals surface area contributed by atoms with Gasteiger partial charge < -0.3 is 14.9 Å². The largest absolute Gasteiger partial charge is 0.345 e. The number of fused-ring (bicyclic) bond motifs is 2.